The highest BCUT2D eigenvalue weighted by Gasteiger charge is 2.44. The van der Waals surface area contributed by atoms with Crippen molar-refractivity contribution in [3.05, 3.63) is 52.6 Å². The lowest BCUT2D eigenvalue weighted by Crippen LogP contribution is -2.47. The van der Waals surface area contributed by atoms with Gasteiger partial charge in [0.1, 0.15) is 11.2 Å². The summed E-state index contributed by atoms with van der Waals surface area (Å²) in [7, 11) is -4.00. The Hall–Kier alpha value is -2.75. The van der Waals surface area contributed by atoms with Crippen LogP contribution in [0.1, 0.15) is 30.7 Å². The Morgan fingerprint density at radius 1 is 1.29 bits per heavy atom. The lowest BCUT2D eigenvalue weighted by atomic mass is 9.96. The highest BCUT2D eigenvalue weighted by molar-refractivity contribution is 7.92. The zero-order valence-corrected chi connectivity index (χ0v) is 17.7. The number of anilines is 1. The number of amides is 1. The van der Waals surface area contributed by atoms with Gasteiger partial charge in [-0.25, -0.2) is 18.4 Å². The standard InChI is InChI=1S/C18H16ClF3N4O4S/c1-10(2)31(29,30)9-17(28,11-3-4-15(19)25-7-11)16(27)26-12-5-13(18(20,21)22)14(6-23)24-8-12/h3-5,7-8,10,28H,9H2,1-2H3,(H,26,27). The molecule has 0 radical (unpaired) electrons. The molecule has 8 nitrogen and oxygen atoms in total. The van der Waals surface area contributed by atoms with Gasteiger partial charge in [-0.05, 0) is 26.0 Å². The van der Waals surface area contributed by atoms with Crippen molar-refractivity contribution in [2.24, 2.45) is 0 Å². The quantitative estimate of drug-likeness (QED) is 0.612. The molecular formula is C18H16ClF3N4O4S. The summed E-state index contributed by atoms with van der Waals surface area (Å²) >= 11 is 5.69. The molecule has 0 aliphatic heterocycles. The Bertz CT molecular complexity index is 1130. The van der Waals surface area contributed by atoms with Crippen LogP contribution in [0, 0.1) is 11.3 Å². The number of halogens is 4. The third-order valence-corrected chi connectivity index (χ3v) is 6.75. The average molecular weight is 477 g/mol. The summed E-state index contributed by atoms with van der Waals surface area (Å²) in [6, 6.07) is 4.13. The number of sulfone groups is 1. The van der Waals surface area contributed by atoms with Crippen LogP contribution in [0.25, 0.3) is 0 Å². The lowest BCUT2D eigenvalue weighted by molar-refractivity contribution is -0.138. The first-order valence-electron chi connectivity index (χ1n) is 8.55. The number of nitrogens with zero attached hydrogens (tertiary/aromatic N) is 3. The van der Waals surface area contributed by atoms with Crippen LogP contribution in [0.3, 0.4) is 0 Å². The third kappa shape index (κ3) is 5.49. The first-order chi connectivity index (χ1) is 14.2. The maximum atomic E-state index is 13.1. The summed E-state index contributed by atoms with van der Waals surface area (Å²) in [5.41, 5.74) is -5.76. The van der Waals surface area contributed by atoms with Crippen LogP contribution in [0.5, 0.6) is 0 Å². The number of nitrogens with one attached hydrogen (secondary N) is 1. The molecule has 0 saturated heterocycles. The summed E-state index contributed by atoms with van der Waals surface area (Å²) in [6.07, 6.45) is -3.17. The van der Waals surface area contributed by atoms with Gasteiger partial charge in [-0.2, -0.15) is 18.4 Å². The van der Waals surface area contributed by atoms with Crippen LogP contribution in [0.15, 0.2) is 30.6 Å². The zero-order valence-electron chi connectivity index (χ0n) is 16.1. The fourth-order valence-electron chi connectivity index (χ4n) is 2.43. The van der Waals surface area contributed by atoms with Crippen molar-refractivity contribution in [2.75, 3.05) is 11.1 Å². The van der Waals surface area contributed by atoms with Crippen molar-refractivity contribution >= 4 is 33.0 Å². The van der Waals surface area contributed by atoms with Gasteiger partial charge < -0.3 is 10.4 Å². The van der Waals surface area contributed by atoms with Crippen LogP contribution < -0.4 is 5.32 Å². The summed E-state index contributed by atoms with van der Waals surface area (Å²) in [4.78, 5) is 19.9. The summed E-state index contributed by atoms with van der Waals surface area (Å²) < 4.78 is 64.3. The number of nitriles is 1. The van der Waals surface area contributed by atoms with Crippen LogP contribution >= 0.6 is 11.6 Å². The number of pyridine rings is 2. The Labute approximate surface area is 180 Å². The molecule has 0 aliphatic carbocycles. The van der Waals surface area contributed by atoms with E-state index in [0.717, 1.165) is 12.4 Å². The number of hydrogen-bond donors (Lipinski definition) is 2. The molecule has 0 saturated carbocycles. The Balaban J connectivity index is 2.52. The smallest absolute Gasteiger partial charge is 0.374 e. The van der Waals surface area contributed by atoms with Gasteiger partial charge in [0.05, 0.1) is 28.5 Å². The fraction of sp³-hybridized carbons (Fsp3) is 0.333. The fourth-order valence-corrected chi connectivity index (χ4v) is 3.76. The molecule has 13 heteroatoms. The Morgan fingerprint density at radius 2 is 1.94 bits per heavy atom. The van der Waals surface area contributed by atoms with Gasteiger partial charge in [-0.15, -0.1) is 0 Å². The monoisotopic (exact) mass is 476 g/mol. The van der Waals surface area contributed by atoms with Crippen molar-refractivity contribution < 1.29 is 31.5 Å². The summed E-state index contributed by atoms with van der Waals surface area (Å²) in [5, 5.41) is 20.9. The molecule has 1 unspecified atom stereocenters. The predicted octanol–water partition coefficient (Wildman–Crippen LogP) is 2.67. The van der Waals surface area contributed by atoms with E-state index in [2.05, 4.69) is 9.97 Å². The Kier molecular flexibility index (Phi) is 6.94. The maximum Gasteiger partial charge on any atom is 0.419 e. The minimum atomic E-state index is -4.93. The largest absolute Gasteiger partial charge is 0.419 e. The van der Waals surface area contributed by atoms with E-state index in [1.54, 1.807) is 0 Å². The van der Waals surface area contributed by atoms with E-state index in [9.17, 15) is 31.5 Å². The van der Waals surface area contributed by atoms with Crippen LogP contribution in [-0.2, 0) is 26.4 Å². The second-order valence-electron chi connectivity index (χ2n) is 6.77. The number of carbonyl (C=O) groups excluding carboxylic acids is 1. The molecular weight excluding hydrogens is 461 g/mol. The molecule has 2 heterocycles. The molecule has 0 spiro atoms. The third-order valence-electron chi connectivity index (χ3n) is 4.27. The SMILES string of the molecule is CC(C)S(=O)(=O)CC(O)(C(=O)Nc1cnc(C#N)c(C(F)(F)F)c1)c1ccc(Cl)nc1. The highest BCUT2D eigenvalue weighted by Crippen LogP contribution is 2.33. The van der Waals surface area contributed by atoms with Gasteiger partial charge in [0.15, 0.2) is 21.1 Å². The second kappa shape index (κ2) is 8.78. The van der Waals surface area contributed by atoms with Crippen molar-refractivity contribution in [1.29, 1.82) is 5.26 Å². The minimum Gasteiger partial charge on any atom is -0.374 e. The van der Waals surface area contributed by atoms with Crippen LogP contribution in [-0.4, -0.2) is 40.4 Å². The van der Waals surface area contributed by atoms with E-state index in [1.807, 2.05) is 5.32 Å². The lowest BCUT2D eigenvalue weighted by Gasteiger charge is -2.28. The van der Waals surface area contributed by atoms with Crippen LogP contribution in [0.2, 0.25) is 5.15 Å². The van der Waals surface area contributed by atoms with Crippen molar-refractivity contribution in [1.82, 2.24) is 9.97 Å². The molecule has 0 aromatic carbocycles. The number of aromatic nitrogens is 2. The molecule has 1 atom stereocenters. The van der Waals surface area contributed by atoms with Gasteiger partial charge in [-0.1, -0.05) is 17.7 Å². The first kappa shape index (κ1) is 24.5. The van der Waals surface area contributed by atoms with E-state index < -0.39 is 55.5 Å². The van der Waals surface area contributed by atoms with Gasteiger partial charge in [0, 0.05) is 11.8 Å². The predicted molar refractivity (Wildman–Crippen MR) is 105 cm³/mol. The van der Waals surface area contributed by atoms with E-state index in [0.29, 0.717) is 6.07 Å². The molecule has 2 aromatic heterocycles. The van der Waals surface area contributed by atoms with Gasteiger partial charge in [0.25, 0.3) is 5.91 Å². The van der Waals surface area contributed by atoms with Gasteiger partial charge >= 0.3 is 6.18 Å². The topological polar surface area (TPSA) is 133 Å². The van der Waals surface area contributed by atoms with Crippen molar-refractivity contribution in [3.8, 4) is 6.07 Å². The first-order valence-corrected chi connectivity index (χ1v) is 10.6. The Morgan fingerprint density at radius 3 is 2.42 bits per heavy atom. The van der Waals surface area contributed by atoms with E-state index in [4.69, 9.17) is 16.9 Å². The molecule has 2 rings (SSSR count). The molecule has 2 aromatic rings. The highest BCUT2D eigenvalue weighted by atomic mass is 35.5. The summed E-state index contributed by atoms with van der Waals surface area (Å²) in [5.74, 6) is -2.40. The number of rotatable bonds is 6. The normalized spacial score (nSPS) is 14.0. The summed E-state index contributed by atoms with van der Waals surface area (Å²) in [6.45, 7) is 2.68. The number of alkyl halides is 3. The molecule has 31 heavy (non-hydrogen) atoms. The van der Waals surface area contributed by atoms with Gasteiger partial charge in [0.2, 0.25) is 0 Å². The number of aliphatic hydroxyl groups is 1. The molecule has 0 aliphatic rings. The van der Waals surface area contributed by atoms with Crippen molar-refractivity contribution in [3.63, 3.8) is 0 Å². The molecule has 0 fully saturated rings. The number of hydrogen-bond acceptors (Lipinski definition) is 7. The number of carbonyl (C=O) groups is 1. The molecule has 1 amide bonds. The minimum absolute atomic E-state index is 0.00401. The molecule has 0 bridgehead atoms. The average Bonchev–Trinajstić information content (AvgIpc) is 2.67. The van der Waals surface area contributed by atoms with Gasteiger partial charge in [-0.3, -0.25) is 4.79 Å². The molecule has 2 N–H and O–H groups in total. The van der Waals surface area contributed by atoms with E-state index in [-0.39, 0.29) is 10.7 Å². The molecule has 166 valence electrons. The maximum absolute atomic E-state index is 13.1. The van der Waals surface area contributed by atoms with Crippen LogP contribution in [0.4, 0.5) is 18.9 Å². The van der Waals surface area contributed by atoms with E-state index in [1.165, 1.54) is 32.0 Å². The van der Waals surface area contributed by atoms with Crippen molar-refractivity contribution in [2.45, 2.75) is 30.9 Å². The zero-order chi connectivity index (χ0) is 23.6. The van der Waals surface area contributed by atoms with E-state index >= 15 is 0 Å². The second-order valence-corrected chi connectivity index (χ2v) is 9.71.